The Morgan fingerprint density at radius 3 is 2.17 bits per heavy atom. The molecule has 158 valence electrons. The third-order valence-electron chi connectivity index (χ3n) is 5.30. The molecule has 30 heavy (non-hydrogen) atoms. The average Bonchev–Trinajstić information content (AvgIpc) is 2.78. The molecule has 2 amide bonds. The molecule has 0 bridgehead atoms. The van der Waals surface area contributed by atoms with Gasteiger partial charge in [0.15, 0.2) is 0 Å². The molecule has 3 rings (SSSR count). The third kappa shape index (κ3) is 5.34. The molecule has 1 fully saturated rings. The highest BCUT2D eigenvalue weighted by atomic mass is 16.6. The minimum atomic E-state index is -0.470. The summed E-state index contributed by atoms with van der Waals surface area (Å²) in [6.07, 6.45) is 1.05. The van der Waals surface area contributed by atoms with Crippen LogP contribution in [0.1, 0.15) is 17.5 Å². The SMILES string of the molecule is COc1ccc(CCC(=O)N2CCN(C(=O)Cc3ccccc3[N+](=O)[O-])CC2)cc1. The molecule has 0 aliphatic carbocycles. The van der Waals surface area contributed by atoms with Crippen molar-refractivity contribution >= 4 is 17.5 Å². The molecule has 1 heterocycles. The fourth-order valence-corrected chi connectivity index (χ4v) is 3.52. The Labute approximate surface area is 175 Å². The van der Waals surface area contributed by atoms with E-state index < -0.39 is 4.92 Å². The standard InChI is InChI=1S/C22H25N3O5/c1-30-19-9-6-17(7-10-19)8-11-21(26)23-12-14-24(15-13-23)22(27)16-18-4-2-3-5-20(18)25(28)29/h2-7,9-10H,8,11-16H2,1H3. The number of rotatable bonds is 7. The number of aryl methyl sites for hydroxylation is 1. The van der Waals surface area contributed by atoms with Crippen molar-refractivity contribution in [1.29, 1.82) is 0 Å². The van der Waals surface area contributed by atoms with Crippen molar-refractivity contribution in [2.45, 2.75) is 19.3 Å². The first-order valence-corrected chi connectivity index (χ1v) is 9.88. The van der Waals surface area contributed by atoms with Crippen LogP contribution in [0.25, 0.3) is 0 Å². The number of carbonyl (C=O) groups is 2. The number of hydrogen-bond acceptors (Lipinski definition) is 5. The van der Waals surface area contributed by atoms with Gasteiger partial charge in [0.2, 0.25) is 11.8 Å². The first-order chi connectivity index (χ1) is 14.5. The summed E-state index contributed by atoms with van der Waals surface area (Å²) in [5.41, 5.74) is 1.44. The van der Waals surface area contributed by atoms with Crippen molar-refractivity contribution in [2.24, 2.45) is 0 Å². The van der Waals surface area contributed by atoms with Gasteiger partial charge in [0.05, 0.1) is 18.5 Å². The highest BCUT2D eigenvalue weighted by molar-refractivity contribution is 5.81. The van der Waals surface area contributed by atoms with Crippen LogP contribution in [0.4, 0.5) is 5.69 Å². The zero-order valence-electron chi connectivity index (χ0n) is 17.0. The van der Waals surface area contributed by atoms with Crippen LogP contribution >= 0.6 is 0 Å². The van der Waals surface area contributed by atoms with Crippen LogP contribution in [0, 0.1) is 10.1 Å². The van der Waals surface area contributed by atoms with Crippen LogP contribution in [-0.4, -0.2) is 59.8 Å². The molecule has 1 aliphatic rings. The van der Waals surface area contributed by atoms with Gasteiger partial charge in [-0.05, 0) is 24.1 Å². The Kier molecular flexibility index (Phi) is 7.00. The van der Waals surface area contributed by atoms with Crippen molar-refractivity contribution < 1.29 is 19.2 Å². The van der Waals surface area contributed by atoms with Crippen molar-refractivity contribution in [3.63, 3.8) is 0 Å². The monoisotopic (exact) mass is 411 g/mol. The molecule has 2 aromatic carbocycles. The summed E-state index contributed by atoms with van der Waals surface area (Å²) in [5.74, 6) is 0.693. The molecule has 1 saturated heterocycles. The van der Waals surface area contributed by atoms with E-state index in [2.05, 4.69) is 0 Å². The Hall–Kier alpha value is -3.42. The smallest absolute Gasteiger partial charge is 0.273 e. The van der Waals surface area contributed by atoms with E-state index in [1.807, 2.05) is 24.3 Å². The predicted molar refractivity (Wildman–Crippen MR) is 111 cm³/mol. The van der Waals surface area contributed by atoms with Crippen LogP contribution in [0.3, 0.4) is 0 Å². The zero-order chi connectivity index (χ0) is 21.5. The number of nitrogens with zero attached hydrogens (tertiary/aromatic N) is 3. The summed E-state index contributed by atoms with van der Waals surface area (Å²) in [6, 6.07) is 13.9. The second-order valence-corrected chi connectivity index (χ2v) is 7.17. The van der Waals surface area contributed by atoms with Gasteiger partial charge in [-0.2, -0.15) is 0 Å². The second kappa shape index (κ2) is 9.87. The van der Waals surface area contributed by atoms with Gasteiger partial charge in [-0.25, -0.2) is 0 Å². The predicted octanol–water partition coefficient (Wildman–Crippen LogP) is 2.45. The summed E-state index contributed by atoms with van der Waals surface area (Å²) in [6.45, 7) is 1.83. The number of nitro groups is 1. The summed E-state index contributed by atoms with van der Waals surface area (Å²) < 4.78 is 5.13. The number of piperazine rings is 1. The van der Waals surface area contributed by atoms with Crippen molar-refractivity contribution in [3.05, 3.63) is 69.8 Å². The van der Waals surface area contributed by atoms with Gasteiger partial charge in [0, 0.05) is 44.2 Å². The van der Waals surface area contributed by atoms with Crippen LogP contribution in [0.15, 0.2) is 48.5 Å². The number of benzene rings is 2. The van der Waals surface area contributed by atoms with E-state index in [-0.39, 0.29) is 23.9 Å². The summed E-state index contributed by atoms with van der Waals surface area (Å²) >= 11 is 0. The van der Waals surface area contributed by atoms with E-state index in [9.17, 15) is 19.7 Å². The summed E-state index contributed by atoms with van der Waals surface area (Å²) in [7, 11) is 1.62. The van der Waals surface area contributed by atoms with E-state index in [4.69, 9.17) is 4.74 Å². The fourth-order valence-electron chi connectivity index (χ4n) is 3.52. The van der Waals surface area contributed by atoms with E-state index in [1.165, 1.54) is 6.07 Å². The van der Waals surface area contributed by atoms with E-state index in [0.717, 1.165) is 11.3 Å². The number of para-hydroxylation sites is 1. The molecule has 0 aromatic heterocycles. The minimum absolute atomic E-state index is 0.0113. The molecule has 1 aliphatic heterocycles. The number of hydrogen-bond donors (Lipinski definition) is 0. The lowest BCUT2D eigenvalue weighted by molar-refractivity contribution is -0.385. The summed E-state index contributed by atoms with van der Waals surface area (Å²) in [5, 5.41) is 11.1. The van der Waals surface area contributed by atoms with Crippen LogP contribution < -0.4 is 4.74 Å². The van der Waals surface area contributed by atoms with Crippen LogP contribution in [0.5, 0.6) is 5.75 Å². The molecule has 8 heteroatoms. The van der Waals surface area contributed by atoms with Gasteiger partial charge >= 0.3 is 0 Å². The topological polar surface area (TPSA) is 93.0 Å². The fraction of sp³-hybridized carbons (Fsp3) is 0.364. The first-order valence-electron chi connectivity index (χ1n) is 9.88. The van der Waals surface area contributed by atoms with E-state index >= 15 is 0 Å². The van der Waals surface area contributed by atoms with Crippen molar-refractivity contribution in [2.75, 3.05) is 33.3 Å². The van der Waals surface area contributed by atoms with Gasteiger partial charge in [-0.3, -0.25) is 19.7 Å². The molecular weight excluding hydrogens is 386 g/mol. The maximum Gasteiger partial charge on any atom is 0.273 e. The minimum Gasteiger partial charge on any atom is -0.497 e. The zero-order valence-corrected chi connectivity index (χ0v) is 17.0. The lowest BCUT2D eigenvalue weighted by Crippen LogP contribution is -2.51. The number of ether oxygens (including phenoxy) is 1. The molecule has 0 saturated carbocycles. The molecule has 0 radical (unpaired) electrons. The van der Waals surface area contributed by atoms with Crippen LogP contribution in [0.2, 0.25) is 0 Å². The van der Waals surface area contributed by atoms with Gasteiger partial charge in [0.25, 0.3) is 5.69 Å². The third-order valence-corrected chi connectivity index (χ3v) is 5.30. The van der Waals surface area contributed by atoms with E-state index in [0.29, 0.717) is 44.6 Å². The number of carbonyl (C=O) groups excluding carboxylic acids is 2. The van der Waals surface area contributed by atoms with Gasteiger partial charge in [-0.1, -0.05) is 30.3 Å². The highest BCUT2D eigenvalue weighted by Crippen LogP contribution is 2.19. The number of nitro benzene ring substituents is 1. The number of amides is 2. The molecule has 0 N–H and O–H groups in total. The Balaban J connectivity index is 1.47. The lowest BCUT2D eigenvalue weighted by Gasteiger charge is -2.35. The maximum atomic E-state index is 12.6. The van der Waals surface area contributed by atoms with Gasteiger partial charge in [0.1, 0.15) is 5.75 Å². The van der Waals surface area contributed by atoms with E-state index in [1.54, 1.807) is 35.1 Å². The average molecular weight is 411 g/mol. The quantitative estimate of drug-likeness (QED) is 0.515. The molecule has 0 spiro atoms. The highest BCUT2D eigenvalue weighted by Gasteiger charge is 2.25. The Bertz CT molecular complexity index is 905. The van der Waals surface area contributed by atoms with Crippen molar-refractivity contribution in [3.8, 4) is 5.75 Å². The molecule has 8 nitrogen and oxygen atoms in total. The molecule has 2 aromatic rings. The Morgan fingerprint density at radius 1 is 0.967 bits per heavy atom. The normalized spacial score (nSPS) is 13.8. The molecule has 0 atom stereocenters. The van der Waals surface area contributed by atoms with Gasteiger partial charge in [-0.15, -0.1) is 0 Å². The maximum absolute atomic E-state index is 12.6. The summed E-state index contributed by atoms with van der Waals surface area (Å²) in [4.78, 5) is 39.2. The largest absolute Gasteiger partial charge is 0.497 e. The van der Waals surface area contributed by atoms with Crippen molar-refractivity contribution in [1.82, 2.24) is 9.80 Å². The second-order valence-electron chi connectivity index (χ2n) is 7.17. The molecule has 0 unspecified atom stereocenters. The van der Waals surface area contributed by atoms with Crippen LogP contribution in [-0.2, 0) is 22.4 Å². The first kappa shape index (κ1) is 21.3. The number of methoxy groups -OCH3 is 1. The lowest BCUT2D eigenvalue weighted by atomic mass is 10.1. The Morgan fingerprint density at radius 2 is 1.57 bits per heavy atom. The van der Waals surface area contributed by atoms with Gasteiger partial charge < -0.3 is 14.5 Å². The molecular formula is C22H25N3O5.